The monoisotopic (exact) mass is 311 g/mol. The minimum Gasteiger partial charge on any atom is -0.461 e. The van der Waals surface area contributed by atoms with Gasteiger partial charge in [0.15, 0.2) is 5.16 Å². The Bertz CT molecular complexity index is 484. The lowest BCUT2D eigenvalue weighted by molar-refractivity contribution is -0.119. The number of H-pyrrole nitrogens is 1. The molecule has 0 spiro atoms. The van der Waals surface area contributed by atoms with Crippen molar-refractivity contribution in [1.29, 1.82) is 0 Å². The molecule has 0 atom stereocenters. The lowest BCUT2D eigenvalue weighted by atomic mass is 9.95. The molecule has 2 rings (SSSR count). The minimum atomic E-state index is -0.427. The molecule has 0 aromatic carbocycles. The molecule has 1 aromatic heterocycles. The van der Waals surface area contributed by atoms with E-state index >= 15 is 0 Å². The lowest BCUT2D eigenvalue weighted by Gasteiger charge is -2.22. The van der Waals surface area contributed by atoms with E-state index in [1.165, 1.54) is 37.2 Å². The van der Waals surface area contributed by atoms with Crippen LogP contribution in [0.4, 0.5) is 0 Å². The summed E-state index contributed by atoms with van der Waals surface area (Å²) in [5, 5.41) is 3.60. The number of amides is 1. The average molecular weight is 311 g/mol. The number of thioether (sulfide) groups is 1. The summed E-state index contributed by atoms with van der Waals surface area (Å²) in [5.74, 6) is -0.115. The Balaban J connectivity index is 1.74. The Hall–Kier alpha value is -1.50. The molecule has 0 bridgehead atoms. The summed E-state index contributed by atoms with van der Waals surface area (Å²) in [7, 11) is 0. The number of aromatic amines is 1. The number of rotatable bonds is 6. The van der Waals surface area contributed by atoms with Crippen molar-refractivity contribution in [3.8, 4) is 0 Å². The van der Waals surface area contributed by atoms with Crippen LogP contribution in [0.2, 0.25) is 0 Å². The second-order valence-electron chi connectivity index (χ2n) is 5.01. The number of esters is 1. The smallest absolute Gasteiger partial charge is 0.356 e. The summed E-state index contributed by atoms with van der Waals surface area (Å²) in [5.41, 5.74) is 0.312. The van der Waals surface area contributed by atoms with Gasteiger partial charge < -0.3 is 15.0 Å². The van der Waals surface area contributed by atoms with Gasteiger partial charge >= 0.3 is 5.97 Å². The number of imidazole rings is 1. The Kier molecular flexibility index (Phi) is 6.10. The van der Waals surface area contributed by atoms with Gasteiger partial charge in [0, 0.05) is 6.04 Å². The van der Waals surface area contributed by atoms with Crippen molar-refractivity contribution in [2.45, 2.75) is 50.2 Å². The Morgan fingerprint density at radius 1 is 1.43 bits per heavy atom. The molecule has 21 heavy (non-hydrogen) atoms. The highest BCUT2D eigenvalue weighted by molar-refractivity contribution is 7.99. The van der Waals surface area contributed by atoms with Crippen LogP contribution in [0.3, 0.4) is 0 Å². The Labute approximate surface area is 128 Å². The molecule has 1 fully saturated rings. The van der Waals surface area contributed by atoms with Crippen molar-refractivity contribution in [2.75, 3.05) is 12.4 Å². The predicted octanol–water partition coefficient (Wildman–Crippen LogP) is 2.13. The van der Waals surface area contributed by atoms with E-state index in [1.807, 2.05) is 0 Å². The van der Waals surface area contributed by atoms with E-state index in [4.69, 9.17) is 4.74 Å². The first-order chi connectivity index (χ1) is 10.2. The quantitative estimate of drug-likeness (QED) is 0.621. The number of carbonyl (C=O) groups excluding carboxylic acids is 2. The molecule has 1 heterocycles. The zero-order valence-corrected chi connectivity index (χ0v) is 13.0. The van der Waals surface area contributed by atoms with E-state index in [9.17, 15) is 9.59 Å². The van der Waals surface area contributed by atoms with Gasteiger partial charge in [-0.1, -0.05) is 31.0 Å². The topological polar surface area (TPSA) is 84.1 Å². The third kappa shape index (κ3) is 5.08. The van der Waals surface area contributed by atoms with Gasteiger partial charge in [0.1, 0.15) is 5.69 Å². The van der Waals surface area contributed by atoms with Gasteiger partial charge in [0.25, 0.3) is 0 Å². The third-order valence-electron chi connectivity index (χ3n) is 3.36. The Morgan fingerprint density at radius 3 is 2.90 bits per heavy atom. The summed E-state index contributed by atoms with van der Waals surface area (Å²) in [6, 6.07) is 0.318. The van der Waals surface area contributed by atoms with E-state index in [1.54, 1.807) is 6.92 Å². The van der Waals surface area contributed by atoms with Crippen molar-refractivity contribution in [2.24, 2.45) is 0 Å². The van der Waals surface area contributed by atoms with E-state index in [0.29, 0.717) is 29.3 Å². The van der Waals surface area contributed by atoms with Gasteiger partial charge in [-0.15, -0.1) is 0 Å². The first-order valence-electron chi connectivity index (χ1n) is 7.33. The molecule has 116 valence electrons. The van der Waals surface area contributed by atoms with Crippen molar-refractivity contribution < 1.29 is 14.3 Å². The molecule has 1 saturated carbocycles. The first kappa shape index (κ1) is 15.9. The molecule has 2 N–H and O–H groups in total. The SMILES string of the molecule is CCOC(=O)c1cnc(SCC(=O)NC2CCCCC2)[nH]1. The van der Waals surface area contributed by atoms with Gasteiger partial charge in [-0.25, -0.2) is 9.78 Å². The second-order valence-corrected chi connectivity index (χ2v) is 5.98. The van der Waals surface area contributed by atoms with Crippen LogP contribution in [-0.2, 0) is 9.53 Å². The van der Waals surface area contributed by atoms with Crippen LogP contribution in [0.5, 0.6) is 0 Å². The highest BCUT2D eigenvalue weighted by atomic mass is 32.2. The van der Waals surface area contributed by atoms with Crippen LogP contribution in [-0.4, -0.2) is 40.2 Å². The molecule has 6 nitrogen and oxygen atoms in total. The number of nitrogens with one attached hydrogen (secondary N) is 2. The number of hydrogen-bond acceptors (Lipinski definition) is 5. The van der Waals surface area contributed by atoms with Crippen molar-refractivity contribution >= 4 is 23.6 Å². The van der Waals surface area contributed by atoms with Crippen LogP contribution in [0.25, 0.3) is 0 Å². The average Bonchev–Trinajstić information content (AvgIpc) is 2.95. The van der Waals surface area contributed by atoms with Crippen molar-refractivity contribution in [3.63, 3.8) is 0 Å². The minimum absolute atomic E-state index is 0.0148. The second kappa shape index (κ2) is 8.07. The number of ether oxygens (including phenoxy) is 1. The molecule has 1 amide bonds. The van der Waals surface area contributed by atoms with E-state index in [-0.39, 0.29) is 5.91 Å². The van der Waals surface area contributed by atoms with Crippen molar-refractivity contribution in [3.05, 3.63) is 11.9 Å². The normalized spacial score (nSPS) is 15.7. The molecular weight excluding hydrogens is 290 g/mol. The lowest BCUT2D eigenvalue weighted by Crippen LogP contribution is -2.37. The maximum atomic E-state index is 11.9. The maximum absolute atomic E-state index is 11.9. The molecule has 0 radical (unpaired) electrons. The number of carbonyl (C=O) groups is 2. The fourth-order valence-electron chi connectivity index (χ4n) is 2.34. The van der Waals surface area contributed by atoms with Crippen LogP contribution < -0.4 is 5.32 Å². The molecule has 0 aliphatic heterocycles. The summed E-state index contributed by atoms with van der Waals surface area (Å²) < 4.78 is 4.87. The Morgan fingerprint density at radius 2 is 2.19 bits per heavy atom. The molecule has 0 unspecified atom stereocenters. The van der Waals surface area contributed by atoms with Crippen LogP contribution >= 0.6 is 11.8 Å². The standard InChI is InChI=1S/C14H21N3O3S/c1-2-20-13(19)11-8-15-14(17-11)21-9-12(18)16-10-6-4-3-5-7-10/h8,10H,2-7,9H2,1H3,(H,15,17)(H,16,18). The molecule has 1 aromatic rings. The first-order valence-corrected chi connectivity index (χ1v) is 8.32. The summed E-state index contributed by atoms with van der Waals surface area (Å²) in [4.78, 5) is 30.3. The molecule has 7 heteroatoms. The van der Waals surface area contributed by atoms with Crippen LogP contribution in [0.15, 0.2) is 11.4 Å². The van der Waals surface area contributed by atoms with Gasteiger partial charge in [-0.05, 0) is 19.8 Å². The van der Waals surface area contributed by atoms with Gasteiger partial charge in [-0.2, -0.15) is 0 Å². The van der Waals surface area contributed by atoms with E-state index in [0.717, 1.165) is 12.8 Å². The fourth-order valence-corrected chi connectivity index (χ4v) is 3.00. The highest BCUT2D eigenvalue weighted by Crippen LogP contribution is 2.18. The summed E-state index contributed by atoms with van der Waals surface area (Å²) in [6.07, 6.45) is 7.23. The van der Waals surface area contributed by atoms with E-state index in [2.05, 4.69) is 15.3 Å². The highest BCUT2D eigenvalue weighted by Gasteiger charge is 2.16. The molecule has 1 aliphatic carbocycles. The molecular formula is C14H21N3O3S. The zero-order chi connectivity index (χ0) is 15.1. The van der Waals surface area contributed by atoms with Gasteiger partial charge in [0.05, 0.1) is 18.6 Å². The predicted molar refractivity (Wildman–Crippen MR) is 80.3 cm³/mol. The number of nitrogens with zero attached hydrogens (tertiary/aromatic N) is 1. The largest absolute Gasteiger partial charge is 0.461 e. The van der Waals surface area contributed by atoms with Gasteiger partial charge in [-0.3, -0.25) is 4.79 Å². The number of aromatic nitrogens is 2. The third-order valence-corrected chi connectivity index (χ3v) is 4.25. The zero-order valence-electron chi connectivity index (χ0n) is 12.2. The molecule has 1 aliphatic rings. The fraction of sp³-hybridized carbons (Fsp3) is 0.643. The number of hydrogen-bond donors (Lipinski definition) is 2. The van der Waals surface area contributed by atoms with Crippen molar-refractivity contribution in [1.82, 2.24) is 15.3 Å². The van der Waals surface area contributed by atoms with E-state index < -0.39 is 5.97 Å². The van der Waals surface area contributed by atoms with Crippen LogP contribution in [0.1, 0.15) is 49.5 Å². The molecule has 0 saturated heterocycles. The maximum Gasteiger partial charge on any atom is 0.356 e. The van der Waals surface area contributed by atoms with Crippen LogP contribution in [0, 0.1) is 0 Å². The summed E-state index contributed by atoms with van der Waals surface area (Å²) in [6.45, 7) is 2.07. The van der Waals surface area contributed by atoms with Gasteiger partial charge in [0.2, 0.25) is 5.91 Å². The summed E-state index contributed by atoms with van der Waals surface area (Å²) >= 11 is 1.29.